The van der Waals surface area contributed by atoms with Gasteiger partial charge in [0.15, 0.2) is 0 Å². The Balaban J connectivity index is 1.08. The van der Waals surface area contributed by atoms with E-state index in [0.29, 0.717) is 17.2 Å². The predicted molar refractivity (Wildman–Crippen MR) is 118 cm³/mol. The number of piperidine rings is 1. The Morgan fingerprint density at radius 2 is 1.62 bits per heavy atom. The average Bonchev–Trinajstić information content (AvgIpc) is 3.20. The highest BCUT2D eigenvalue weighted by molar-refractivity contribution is 7.09. The van der Waals surface area contributed by atoms with E-state index in [1.165, 1.54) is 23.3 Å². The number of carbonyl (C=O) groups is 1. The second kappa shape index (κ2) is 8.21. The monoisotopic (exact) mass is 409 g/mol. The molecule has 1 unspecified atom stereocenters. The lowest BCUT2D eigenvalue weighted by molar-refractivity contribution is -0.135. The third-order valence-corrected chi connectivity index (χ3v) is 8.09. The molecule has 2 aromatic rings. The highest BCUT2D eigenvalue weighted by Gasteiger charge is 2.59. The fraction of sp³-hybridized carbons (Fsp3) is 0.542. The molecule has 1 spiro atoms. The van der Waals surface area contributed by atoms with Crippen LogP contribution in [0.25, 0.3) is 0 Å². The summed E-state index contributed by atoms with van der Waals surface area (Å²) in [5, 5.41) is 2.15. The highest BCUT2D eigenvalue weighted by atomic mass is 32.1. The van der Waals surface area contributed by atoms with E-state index in [1.807, 2.05) is 11.3 Å². The predicted octanol–water partition coefficient (Wildman–Crippen LogP) is 3.69. The minimum atomic E-state index is 0.297. The maximum atomic E-state index is 13.1. The summed E-state index contributed by atoms with van der Waals surface area (Å²) in [6.45, 7) is 8.16. The molecule has 154 valence electrons. The Kier molecular flexibility index (Phi) is 5.46. The Morgan fingerprint density at radius 1 is 0.897 bits per heavy atom. The molecule has 5 rings (SSSR count). The standard InChI is InChI=1S/C24H31N3OS/c28-23(27-14-12-26(13-15-27)19-21-7-4-16-29-21)22-17-24(22)8-10-25(11-9-24)18-20-5-2-1-3-6-20/h1-7,16,22H,8-15,17-19H2. The van der Waals surface area contributed by atoms with E-state index < -0.39 is 0 Å². The molecule has 2 aliphatic heterocycles. The van der Waals surface area contributed by atoms with Crippen LogP contribution in [0.3, 0.4) is 0 Å². The maximum absolute atomic E-state index is 13.1. The molecule has 2 saturated heterocycles. The van der Waals surface area contributed by atoms with E-state index in [4.69, 9.17) is 0 Å². The van der Waals surface area contributed by atoms with Gasteiger partial charge in [-0.25, -0.2) is 0 Å². The molecule has 0 N–H and O–H groups in total. The molecule has 1 amide bonds. The van der Waals surface area contributed by atoms with Crippen molar-refractivity contribution in [1.29, 1.82) is 0 Å². The van der Waals surface area contributed by atoms with E-state index in [9.17, 15) is 4.79 Å². The topological polar surface area (TPSA) is 26.8 Å². The lowest BCUT2D eigenvalue weighted by atomic mass is 9.90. The van der Waals surface area contributed by atoms with Crippen molar-refractivity contribution in [3.05, 3.63) is 58.3 Å². The van der Waals surface area contributed by atoms with Crippen molar-refractivity contribution >= 4 is 17.2 Å². The fourth-order valence-electron chi connectivity index (χ4n) is 5.22. The van der Waals surface area contributed by atoms with Crippen molar-refractivity contribution in [3.8, 4) is 0 Å². The molecule has 29 heavy (non-hydrogen) atoms. The smallest absolute Gasteiger partial charge is 0.226 e. The van der Waals surface area contributed by atoms with Gasteiger partial charge < -0.3 is 4.90 Å². The van der Waals surface area contributed by atoms with Gasteiger partial charge in [0.05, 0.1) is 0 Å². The third kappa shape index (κ3) is 4.27. The number of hydrogen-bond acceptors (Lipinski definition) is 4. The first-order valence-corrected chi connectivity index (χ1v) is 11.9. The van der Waals surface area contributed by atoms with Gasteiger partial charge in [-0.2, -0.15) is 0 Å². The first-order valence-electron chi connectivity index (χ1n) is 11.0. The number of likely N-dealkylation sites (tertiary alicyclic amines) is 1. The van der Waals surface area contributed by atoms with Gasteiger partial charge in [-0.3, -0.25) is 14.6 Å². The third-order valence-electron chi connectivity index (χ3n) is 7.23. The largest absolute Gasteiger partial charge is 0.340 e. The van der Waals surface area contributed by atoms with E-state index in [0.717, 1.165) is 58.8 Å². The fourth-order valence-corrected chi connectivity index (χ4v) is 5.96. The van der Waals surface area contributed by atoms with Crippen LogP contribution >= 0.6 is 11.3 Å². The summed E-state index contributed by atoms with van der Waals surface area (Å²) in [6, 6.07) is 15.1. The minimum Gasteiger partial charge on any atom is -0.340 e. The first-order chi connectivity index (χ1) is 14.2. The van der Waals surface area contributed by atoms with Crippen LogP contribution in [0.4, 0.5) is 0 Å². The van der Waals surface area contributed by atoms with Crippen molar-refractivity contribution in [1.82, 2.24) is 14.7 Å². The van der Waals surface area contributed by atoms with Crippen LogP contribution in [-0.4, -0.2) is 59.9 Å². The minimum absolute atomic E-state index is 0.297. The molecule has 0 radical (unpaired) electrons. The van der Waals surface area contributed by atoms with E-state index in [-0.39, 0.29) is 0 Å². The van der Waals surface area contributed by atoms with Gasteiger partial charge in [0.1, 0.15) is 0 Å². The van der Waals surface area contributed by atoms with Crippen LogP contribution < -0.4 is 0 Å². The molecular weight excluding hydrogens is 378 g/mol. The lowest BCUT2D eigenvalue weighted by Crippen LogP contribution is -2.49. The Labute approximate surface area is 178 Å². The van der Waals surface area contributed by atoms with E-state index >= 15 is 0 Å². The summed E-state index contributed by atoms with van der Waals surface area (Å²) >= 11 is 1.83. The average molecular weight is 410 g/mol. The zero-order valence-electron chi connectivity index (χ0n) is 17.1. The number of carbonyl (C=O) groups excluding carboxylic acids is 1. The molecule has 3 fully saturated rings. The van der Waals surface area contributed by atoms with Crippen LogP contribution in [0.1, 0.15) is 29.7 Å². The summed E-state index contributed by atoms with van der Waals surface area (Å²) in [7, 11) is 0. The Morgan fingerprint density at radius 3 is 2.31 bits per heavy atom. The molecule has 0 bridgehead atoms. The van der Waals surface area contributed by atoms with Crippen LogP contribution in [-0.2, 0) is 17.9 Å². The van der Waals surface area contributed by atoms with Gasteiger partial charge in [0.2, 0.25) is 5.91 Å². The number of nitrogens with zero attached hydrogens (tertiary/aromatic N) is 3. The number of benzene rings is 1. The zero-order valence-corrected chi connectivity index (χ0v) is 17.9. The van der Waals surface area contributed by atoms with Gasteiger partial charge in [0.25, 0.3) is 0 Å². The SMILES string of the molecule is O=C(C1CC12CCN(Cc1ccccc1)CC2)N1CCN(Cc2cccs2)CC1. The zero-order chi connectivity index (χ0) is 19.7. The first kappa shape index (κ1) is 19.3. The summed E-state index contributed by atoms with van der Waals surface area (Å²) in [4.78, 5) is 21.7. The van der Waals surface area contributed by atoms with Crippen molar-refractivity contribution in [2.24, 2.45) is 11.3 Å². The molecule has 1 saturated carbocycles. The highest BCUT2D eigenvalue weighted by Crippen LogP contribution is 2.60. The molecule has 4 nitrogen and oxygen atoms in total. The van der Waals surface area contributed by atoms with Crippen molar-refractivity contribution in [2.45, 2.75) is 32.4 Å². The molecular formula is C24H31N3OS. The number of piperazine rings is 1. The Bertz CT molecular complexity index is 806. The lowest BCUT2D eigenvalue weighted by Gasteiger charge is -2.36. The summed E-state index contributed by atoms with van der Waals surface area (Å²) in [5.74, 6) is 0.738. The molecule has 1 atom stereocenters. The number of rotatable bonds is 5. The van der Waals surface area contributed by atoms with Crippen LogP contribution in [0, 0.1) is 11.3 Å². The Hall–Kier alpha value is -1.69. The van der Waals surface area contributed by atoms with Crippen LogP contribution in [0.5, 0.6) is 0 Å². The number of amides is 1. The second-order valence-electron chi connectivity index (χ2n) is 9.06. The quantitative estimate of drug-likeness (QED) is 0.753. The summed E-state index contributed by atoms with van der Waals surface area (Å²) in [6.07, 6.45) is 3.50. The maximum Gasteiger partial charge on any atom is 0.226 e. The molecule has 1 aromatic carbocycles. The molecule has 3 heterocycles. The van der Waals surface area contributed by atoms with Crippen LogP contribution in [0.15, 0.2) is 47.8 Å². The summed E-state index contributed by atoms with van der Waals surface area (Å²) < 4.78 is 0. The van der Waals surface area contributed by atoms with Gasteiger partial charge in [-0.05, 0) is 54.8 Å². The molecule has 1 aliphatic carbocycles. The number of hydrogen-bond donors (Lipinski definition) is 0. The van der Waals surface area contributed by atoms with Gasteiger partial charge >= 0.3 is 0 Å². The molecule has 1 aromatic heterocycles. The van der Waals surface area contributed by atoms with Gasteiger partial charge in [-0.15, -0.1) is 11.3 Å². The van der Waals surface area contributed by atoms with Crippen molar-refractivity contribution in [3.63, 3.8) is 0 Å². The molecule has 3 aliphatic rings. The van der Waals surface area contributed by atoms with Gasteiger partial charge in [0, 0.05) is 50.1 Å². The van der Waals surface area contributed by atoms with Crippen LogP contribution in [0.2, 0.25) is 0 Å². The van der Waals surface area contributed by atoms with Gasteiger partial charge in [-0.1, -0.05) is 36.4 Å². The normalized spacial score (nSPS) is 24.7. The number of thiophene rings is 1. The summed E-state index contributed by atoms with van der Waals surface area (Å²) in [5.41, 5.74) is 1.71. The van der Waals surface area contributed by atoms with Crippen molar-refractivity contribution in [2.75, 3.05) is 39.3 Å². The van der Waals surface area contributed by atoms with Crippen molar-refractivity contribution < 1.29 is 4.79 Å². The molecule has 5 heteroatoms. The second-order valence-corrected chi connectivity index (χ2v) is 10.1. The van der Waals surface area contributed by atoms with E-state index in [1.54, 1.807) is 0 Å². The van der Waals surface area contributed by atoms with E-state index in [2.05, 4.69) is 62.5 Å².